The number of hydrogen-bond acceptors (Lipinski definition) is 17. The van der Waals surface area contributed by atoms with Crippen LogP contribution >= 0.6 is 11.8 Å². The average molecular weight is 1110 g/mol. The maximum Gasteiger partial charge on any atom is 0.407 e. The Hall–Kier alpha value is -4.24. The number of hydrazone groups is 1. The van der Waals surface area contributed by atoms with Crippen molar-refractivity contribution in [3.05, 3.63) is 84.2 Å². The number of benzene rings is 2. The van der Waals surface area contributed by atoms with Crippen LogP contribution in [0.5, 0.6) is 0 Å². The van der Waals surface area contributed by atoms with Crippen molar-refractivity contribution in [2.75, 3.05) is 173 Å². The SMILES string of the molecule is C=CF.CN(CCOCCOCCOCCOCCOCCOCCC=O)C(=O)N1N=C(c2cc(F)ccc2F)SC1CCCNC(=O)OC(C)(C)C.COCCOCCOCCOCCN(C)C.Cc1ccccc1. The molecule has 1 aliphatic heterocycles. The molecule has 0 aromatic heterocycles. The van der Waals surface area contributed by atoms with Crippen molar-refractivity contribution in [1.29, 1.82) is 0 Å². The van der Waals surface area contributed by atoms with Gasteiger partial charge in [-0.25, -0.2) is 27.8 Å². The topological polar surface area (TPSA) is 187 Å². The Morgan fingerprint density at radius 2 is 1.18 bits per heavy atom. The molecule has 0 fully saturated rings. The van der Waals surface area contributed by atoms with E-state index in [-0.39, 0.29) is 30.1 Å². The van der Waals surface area contributed by atoms with E-state index in [2.05, 4.69) is 41.0 Å². The number of halogens is 3. The van der Waals surface area contributed by atoms with Crippen LogP contribution in [0.2, 0.25) is 0 Å². The molecule has 23 heteroatoms. The summed E-state index contributed by atoms with van der Waals surface area (Å²) in [4.78, 5) is 39.1. The lowest BCUT2D eigenvalue weighted by atomic mass is 10.2. The second-order valence-electron chi connectivity index (χ2n) is 17.3. The summed E-state index contributed by atoms with van der Waals surface area (Å²) in [5.74, 6) is -1.26. The summed E-state index contributed by atoms with van der Waals surface area (Å²) in [6.45, 7) is 20.9. The Labute approximate surface area is 454 Å². The molecular weight excluding hydrogens is 1020 g/mol. The van der Waals surface area contributed by atoms with E-state index in [1.54, 1.807) is 34.9 Å². The number of carbonyl (C=O) groups excluding carboxylic acids is 3. The van der Waals surface area contributed by atoms with Crippen molar-refractivity contribution in [3.63, 3.8) is 0 Å². The van der Waals surface area contributed by atoms with Crippen LogP contribution in [0.4, 0.5) is 22.8 Å². The van der Waals surface area contributed by atoms with Crippen LogP contribution in [-0.4, -0.2) is 223 Å². The molecule has 436 valence electrons. The zero-order chi connectivity index (χ0) is 56.5. The number of amides is 3. The Morgan fingerprint density at radius 3 is 1.62 bits per heavy atom. The minimum Gasteiger partial charge on any atom is -0.444 e. The van der Waals surface area contributed by atoms with Crippen LogP contribution in [0.3, 0.4) is 0 Å². The van der Waals surface area contributed by atoms with Crippen molar-refractivity contribution in [2.24, 2.45) is 5.10 Å². The van der Waals surface area contributed by atoms with Gasteiger partial charge in [-0.1, -0.05) is 54.2 Å². The highest BCUT2D eigenvalue weighted by atomic mass is 32.2. The number of likely N-dealkylation sites (N-methyl/N-ethyl adjacent to an activating group) is 2. The van der Waals surface area contributed by atoms with E-state index in [0.29, 0.717) is 138 Å². The summed E-state index contributed by atoms with van der Waals surface area (Å²) in [5.41, 5.74) is 0.663. The van der Waals surface area contributed by atoms with Crippen LogP contribution in [0, 0.1) is 18.6 Å². The third-order valence-electron chi connectivity index (χ3n) is 9.31. The molecule has 1 N–H and O–H groups in total. The summed E-state index contributed by atoms with van der Waals surface area (Å²) >= 11 is 1.16. The van der Waals surface area contributed by atoms with E-state index in [0.717, 1.165) is 49.4 Å². The second kappa shape index (κ2) is 49.1. The van der Waals surface area contributed by atoms with Gasteiger partial charge in [0.15, 0.2) is 0 Å². The van der Waals surface area contributed by atoms with Gasteiger partial charge in [0.1, 0.15) is 33.9 Å². The van der Waals surface area contributed by atoms with E-state index in [1.807, 2.05) is 32.3 Å². The number of carbonyl (C=O) groups is 3. The fraction of sp³-hybridized carbons (Fsp3) is 0.660. The smallest absolute Gasteiger partial charge is 0.407 e. The number of aryl methyl sites for hydroxylation is 1. The zero-order valence-corrected chi connectivity index (χ0v) is 47.1. The molecule has 2 aromatic carbocycles. The first-order valence-corrected chi connectivity index (χ1v) is 26.2. The van der Waals surface area contributed by atoms with Crippen molar-refractivity contribution < 1.29 is 79.7 Å². The molecule has 76 heavy (non-hydrogen) atoms. The maximum absolute atomic E-state index is 14.6. The highest BCUT2D eigenvalue weighted by Gasteiger charge is 2.35. The first-order valence-electron chi connectivity index (χ1n) is 25.3. The summed E-state index contributed by atoms with van der Waals surface area (Å²) in [7, 11) is 7.31. The van der Waals surface area contributed by atoms with Gasteiger partial charge in [-0.15, -0.1) is 0 Å². The van der Waals surface area contributed by atoms with E-state index >= 15 is 0 Å². The zero-order valence-electron chi connectivity index (χ0n) is 46.3. The van der Waals surface area contributed by atoms with Crippen molar-refractivity contribution >= 4 is 35.2 Å². The third-order valence-corrected chi connectivity index (χ3v) is 10.5. The molecule has 0 saturated carbocycles. The van der Waals surface area contributed by atoms with Gasteiger partial charge in [-0.2, -0.15) is 5.10 Å². The van der Waals surface area contributed by atoms with E-state index < -0.39 is 34.7 Å². The first kappa shape index (κ1) is 71.8. The number of nitrogens with zero attached hydrogens (tertiary/aromatic N) is 4. The third kappa shape index (κ3) is 42.8. The lowest BCUT2D eigenvalue weighted by molar-refractivity contribution is -0.109. The minimum absolute atomic E-state index is 0.0280. The molecular formula is C53H88F3N5O14S. The van der Waals surface area contributed by atoms with Gasteiger partial charge in [0, 0.05) is 45.8 Å². The standard InChI is InChI=1S/C33H52F2N4O10S.C11H25NO4.C7H8.C2H3F/c1-33(2,3)49-31(41)36-10-5-7-29-39(37-30(50-29)27-25-26(34)8-9-28(27)35)32(42)38(4)11-14-44-16-18-46-20-22-48-24-23-47-21-19-45-17-15-43-13-6-12-40;1-12(2)4-5-14-8-9-16-11-10-15-7-6-13-3;1-7-5-3-2-4-6-7;1-2-3/h8-9,12,25,29H,5-7,10-11,13-24H2,1-4H3,(H,36,41);4-11H2,1-3H3;2-6H,1H3;2H,1H2. The largest absolute Gasteiger partial charge is 0.444 e. The molecule has 0 aliphatic carbocycles. The monoisotopic (exact) mass is 1110 g/mol. The van der Waals surface area contributed by atoms with Gasteiger partial charge >= 0.3 is 12.1 Å². The summed E-state index contributed by atoms with van der Waals surface area (Å²) in [6.07, 6.45) is 1.81. The number of aldehydes is 1. The normalized spacial score (nSPS) is 12.9. The molecule has 3 amide bonds. The summed E-state index contributed by atoms with van der Waals surface area (Å²) in [5, 5.41) is 8.00. The number of urea groups is 1. The number of rotatable bonds is 38. The van der Waals surface area contributed by atoms with Gasteiger partial charge in [0.05, 0.1) is 132 Å². The number of alkyl carbamates (subject to hydrolysis) is 1. The number of methoxy groups -OCH3 is 1. The lowest BCUT2D eigenvalue weighted by Crippen LogP contribution is -2.42. The first-order chi connectivity index (χ1) is 36.6. The van der Waals surface area contributed by atoms with Crippen LogP contribution in [0.25, 0.3) is 0 Å². The summed E-state index contributed by atoms with van der Waals surface area (Å²) < 4.78 is 97.1. The Kier molecular flexibility index (Phi) is 46.3. The molecule has 0 spiro atoms. The van der Waals surface area contributed by atoms with Gasteiger partial charge in [-0.05, 0) is 72.8 Å². The summed E-state index contributed by atoms with van der Waals surface area (Å²) in [6, 6.07) is 12.9. The van der Waals surface area contributed by atoms with Gasteiger partial charge in [-0.3, -0.25) is 0 Å². The molecule has 1 aliphatic rings. The number of hydrogen-bond donors (Lipinski definition) is 1. The van der Waals surface area contributed by atoms with Crippen LogP contribution in [0.1, 0.15) is 51.2 Å². The minimum atomic E-state index is -0.647. The Balaban J connectivity index is 0.00000176. The molecule has 0 radical (unpaired) electrons. The Bertz CT molecular complexity index is 1780. The molecule has 1 heterocycles. The number of nitrogens with one attached hydrogen (secondary N) is 1. The van der Waals surface area contributed by atoms with Crippen molar-refractivity contribution in [3.8, 4) is 0 Å². The molecule has 1 unspecified atom stereocenters. The quantitative estimate of drug-likeness (QED) is 0.0518. The maximum atomic E-state index is 14.6. The van der Waals surface area contributed by atoms with Crippen molar-refractivity contribution in [2.45, 2.75) is 57.9 Å². The van der Waals surface area contributed by atoms with Crippen LogP contribution in [-0.2, 0) is 56.9 Å². The van der Waals surface area contributed by atoms with Crippen LogP contribution in [0.15, 0.2) is 66.5 Å². The van der Waals surface area contributed by atoms with Crippen molar-refractivity contribution in [1.82, 2.24) is 20.1 Å². The van der Waals surface area contributed by atoms with Crippen LogP contribution < -0.4 is 5.32 Å². The number of thioether (sulfide) groups is 1. The predicted molar refractivity (Wildman–Crippen MR) is 289 cm³/mol. The molecule has 3 rings (SSSR count). The van der Waals surface area contributed by atoms with Gasteiger partial charge < -0.3 is 72.0 Å². The lowest BCUT2D eigenvalue weighted by Gasteiger charge is -2.26. The van der Waals surface area contributed by atoms with E-state index in [9.17, 15) is 27.6 Å². The molecule has 0 saturated heterocycles. The van der Waals surface area contributed by atoms with Gasteiger partial charge in [0.25, 0.3) is 0 Å². The number of ether oxygens (including phenoxy) is 11. The molecule has 2 aromatic rings. The fourth-order valence-electron chi connectivity index (χ4n) is 5.54. The van der Waals surface area contributed by atoms with Gasteiger partial charge in [0.2, 0.25) is 0 Å². The van der Waals surface area contributed by atoms with E-state index in [4.69, 9.17) is 52.1 Å². The highest BCUT2D eigenvalue weighted by Crippen LogP contribution is 2.34. The average Bonchev–Trinajstić information content (AvgIpc) is 3.80. The fourth-order valence-corrected chi connectivity index (χ4v) is 6.74. The Morgan fingerprint density at radius 1 is 0.724 bits per heavy atom. The van der Waals surface area contributed by atoms with E-state index in [1.165, 1.54) is 15.5 Å². The highest BCUT2D eigenvalue weighted by molar-refractivity contribution is 8.15. The molecule has 0 bridgehead atoms. The predicted octanol–water partition coefficient (Wildman–Crippen LogP) is 7.39. The second-order valence-corrected chi connectivity index (χ2v) is 18.5. The molecule has 1 atom stereocenters. The molecule has 19 nitrogen and oxygen atoms in total.